The first-order valence-corrected chi connectivity index (χ1v) is 11.7. The number of rotatable bonds is 6. The number of hydrogen-bond acceptors (Lipinski definition) is 5. The monoisotopic (exact) mass is 433 g/mol. The normalized spacial score (nSPS) is 19.1. The van der Waals surface area contributed by atoms with Gasteiger partial charge in [0.1, 0.15) is 0 Å². The molecular weight excluding hydrogens is 402 g/mol. The highest BCUT2D eigenvalue weighted by molar-refractivity contribution is 5.92. The Hall–Kier alpha value is -2.77. The minimum atomic E-state index is -0.146. The maximum absolute atomic E-state index is 12.9. The first-order chi connectivity index (χ1) is 15.7. The van der Waals surface area contributed by atoms with Gasteiger partial charge >= 0.3 is 0 Å². The average molecular weight is 434 g/mol. The van der Waals surface area contributed by atoms with Gasteiger partial charge in [0.15, 0.2) is 5.69 Å². The van der Waals surface area contributed by atoms with Gasteiger partial charge in [-0.1, -0.05) is 66.9 Å². The van der Waals surface area contributed by atoms with Crippen LogP contribution >= 0.6 is 0 Å². The lowest BCUT2D eigenvalue weighted by molar-refractivity contribution is -0.0361. The lowest BCUT2D eigenvalue weighted by atomic mass is 9.79. The molecule has 1 N–H and O–H groups in total. The van der Waals surface area contributed by atoms with Crippen LogP contribution in [0.4, 0.5) is 0 Å². The fraction of sp³-hybridized carbons (Fsp3) is 0.480. The van der Waals surface area contributed by atoms with Crippen LogP contribution in [-0.2, 0) is 11.3 Å². The average Bonchev–Trinajstić information content (AvgIpc) is 3.33. The number of hydrogen-bond donors (Lipinski definition) is 1. The van der Waals surface area contributed by atoms with Crippen molar-refractivity contribution in [2.45, 2.75) is 44.2 Å². The van der Waals surface area contributed by atoms with Gasteiger partial charge in [-0.05, 0) is 29.2 Å². The summed E-state index contributed by atoms with van der Waals surface area (Å²) in [6.45, 7) is 4.67. The molecule has 2 aliphatic rings. The maximum Gasteiger partial charge on any atom is 0.273 e. The van der Waals surface area contributed by atoms with Gasteiger partial charge in [0.2, 0.25) is 0 Å². The summed E-state index contributed by atoms with van der Waals surface area (Å²) in [4.78, 5) is 15.5. The molecule has 1 aliphatic carbocycles. The zero-order valence-corrected chi connectivity index (χ0v) is 18.5. The maximum atomic E-state index is 12.9. The number of aromatic nitrogens is 3. The van der Waals surface area contributed by atoms with E-state index in [9.17, 15) is 4.79 Å². The van der Waals surface area contributed by atoms with Crippen LogP contribution in [0.1, 0.15) is 48.2 Å². The van der Waals surface area contributed by atoms with Crippen molar-refractivity contribution in [3.8, 4) is 0 Å². The highest BCUT2D eigenvalue weighted by atomic mass is 16.5. The van der Waals surface area contributed by atoms with Crippen LogP contribution in [0.25, 0.3) is 10.8 Å². The summed E-state index contributed by atoms with van der Waals surface area (Å²) in [5, 5.41) is 13.9. The molecule has 7 heteroatoms. The Morgan fingerprint density at radius 1 is 1.03 bits per heavy atom. The predicted molar refractivity (Wildman–Crippen MR) is 124 cm³/mol. The first-order valence-electron chi connectivity index (χ1n) is 11.7. The summed E-state index contributed by atoms with van der Waals surface area (Å²) in [7, 11) is 0. The fourth-order valence-electron chi connectivity index (χ4n) is 5.27. The van der Waals surface area contributed by atoms with E-state index in [2.05, 4.69) is 50.9 Å². The highest BCUT2D eigenvalue weighted by Crippen LogP contribution is 2.34. The van der Waals surface area contributed by atoms with Crippen LogP contribution in [0.3, 0.4) is 0 Å². The molecule has 168 valence electrons. The number of benzene rings is 2. The van der Waals surface area contributed by atoms with E-state index in [0.717, 1.165) is 44.7 Å². The Bertz CT molecular complexity index is 1060. The first kappa shape index (κ1) is 21.1. The van der Waals surface area contributed by atoms with Crippen molar-refractivity contribution in [1.82, 2.24) is 25.2 Å². The number of fused-ring (bicyclic) bond motifs is 1. The van der Waals surface area contributed by atoms with Gasteiger partial charge in [-0.15, -0.1) is 5.10 Å². The topological polar surface area (TPSA) is 72.3 Å². The Morgan fingerprint density at radius 3 is 2.66 bits per heavy atom. The molecule has 0 radical (unpaired) electrons. The van der Waals surface area contributed by atoms with Crippen LogP contribution in [0.5, 0.6) is 0 Å². The second kappa shape index (κ2) is 9.38. The third-order valence-corrected chi connectivity index (χ3v) is 7.03. The van der Waals surface area contributed by atoms with E-state index < -0.39 is 0 Å². The molecule has 2 heterocycles. The Kier molecular flexibility index (Phi) is 6.19. The second-order valence-electron chi connectivity index (χ2n) is 9.01. The lowest BCUT2D eigenvalue weighted by Crippen LogP contribution is -2.59. The van der Waals surface area contributed by atoms with Gasteiger partial charge < -0.3 is 10.1 Å². The summed E-state index contributed by atoms with van der Waals surface area (Å²) in [6.07, 6.45) is 7.72. The van der Waals surface area contributed by atoms with Crippen molar-refractivity contribution in [2.24, 2.45) is 0 Å². The van der Waals surface area contributed by atoms with Gasteiger partial charge in [0.05, 0.1) is 26.0 Å². The quantitative estimate of drug-likeness (QED) is 0.646. The van der Waals surface area contributed by atoms with E-state index in [-0.39, 0.29) is 11.4 Å². The third-order valence-electron chi connectivity index (χ3n) is 7.03. The number of nitrogens with zero attached hydrogens (tertiary/aromatic N) is 4. The summed E-state index contributed by atoms with van der Waals surface area (Å²) in [6, 6.07) is 14.6. The number of ether oxygens (including phenoxy) is 1. The van der Waals surface area contributed by atoms with E-state index in [0.29, 0.717) is 18.8 Å². The standard InChI is InChI=1S/C25H31N5O2/c31-24(26-19-25(11-4-1-5-12-25)29-13-15-32-16-14-29)23-18-30(28-27-23)17-21-9-6-8-20-7-2-3-10-22(20)21/h2-3,6-10,18H,1,4-5,11-17,19H2,(H,26,31). The molecule has 5 rings (SSSR count). The number of carbonyl (C=O) groups excluding carboxylic acids is 1. The summed E-state index contributed by atoms with van der Waals surface area (Å²) >= 11 is 0. The smallest absolute Gasteiger partial charge is 0.273 e. The van der Waals surface area contributed by atoms with Crippen molar-refractivity contribution in [3.05, 3.63) is 59.9 Å². The van der Waals surface area contributed by atoms with Gasteiger partial charge in [-0.3, -0.25) is 9.69 Å². The van der Waals surface area contributed by atoms with Crippen LogP contribution in [0.15, 0.2) is 48.7 Å². The highest BCUT2D eigenvalue weighted by Gasteiger charge is 2.39. The van der Waals surface area contributed by atoms with Crippen LogP contribution in [-0.4, -0.2) is 64.2 Å². The van der Waals surface area contributed by atoms with Crippen molar-refractivity contribution in [1.29, 1.82) is 0 Å². The zero-order valence-electron chi connectivity index (χ0n) is 18.5. The molecule has 1 saturated carbocycles. The second-order valence-corrected chi connectivity index (χ2v) is 9.01. The molecule has 0 spiro atoms. The Labute approximate surface area is 188 Å². The van der Waals surface area contributed by atoms with Gasteiger partial charge in [-0.2, -0.15) is 0 Å². The molecule has 0 unspecified atom stereocenters. The largest absolute Gasteiger partial charge is 0.379 e. The molecule has 32 heavy (non-hydrogen) atoms. The van der Waals surface area contributed by atoms with Crippen LogP contribution < -0.4 is 5.32 Å². The zero-order chi connectivity index (χ0) is 21.8. The van der Waals surface area contributed by atoms with Crippen molar-refractivity contribution >= 4 is 16.7 Å². The molecule has 1 aromatic heterocycles. The predicted octanol–water partition coefficient (Wildman–Crippen LogP) is 3.24. The molecule has 0 atom stereocenters. The van der Waals surface area contributed by atoms with Crippen LogP contribution in [0, 0.1) is 0 Å². The summed E-state index contributed by atoms with van der Waals surface area (Å²) in [5.74, 6) is -0.146. The molecule has 2 aromatic carbocycles. The molecule has 7 nitrogen and oxygen atoms in total. The number of amides is 1. The molecule has 1 saturated heterocycles. The SMILES string of the molecule is O=C(NCC1(N2CCOCC2)CCCCC1)c1cn(Cc2cccc3ccccc23)nn1. The van der Waals surface area contributed by atoms with Gasteiger partial charge in [0.25, 0.3) is 5.91 Å². The molecule has 0 bridgehead atoms. The molecule has 1 amide bonds. The van der Waals surface area contributed by atoms with E-state index in [1.165, 1.54) is 30.0 Å². The van der Waals surface area contributed by atoms with Gasteiger partial charge in [0, 0.05) is 25.2 Å². The van der Waals surface area contributed by atoms with E-state index in [1.807, 2.05) is 12.1 Å². The Morgan fingerprint density at radius 2 is 1.81 bits per heavy atom. The van der Waals surface area contributed by atoms with E-state index >= 15 is 0 Å². The number of nitrogens with one attached hydrogen (secondary N) is 1. The molecule has 3 aromatic rings. The van der Waals surface area contributed by atoms with Crippen molar-refractivity contribution in [3.63, 3.8) is 0 Å². The van der Waals surface area contributed by atoms with Crippen molar-refractivity contribution < 1.29 is 9.53 Å². The minimum absolute atomic E-state index is 0.0383. The number of carbonyl (C=O) groups is 1. The fourth-order valence-corrected chi connectivity index (χ4v) is 5.27. The van der Waals surface area contributed by atoms with Crippen LogP contribution in [0.2, 0.25) is 0 Å². The molecule has 1 aliphatic heterocycles. The molecule has 2 fully saturated rings. The van der Waals surface area contributed by atoms with E-state index in [1.54, 1.807) is 10.9 Å². The van der Waals surface area contributed by atoms with E-state index in [4.69, 9.17) is 4.74 Å². The third kappa shape index (κ3) is 4.40. The minimum Gasteiger partial charge on any atom is -0.379 e. The lowest BCUT2D eigenvalue weighted by Gasteiger charge is -2.48. The van der Waals surface area contributed by atoms with Crippen molar-refractivity contribution in [2.75, 3.05) is 32.8 Å². The molecular formula is C25H31N5O2. The number of morpholine rings is 1. The summed E-state index contributed by atoms with van der Waals surface area (Å²) < 4.78 is 7.30. The Balaban J connectivity index is 1.26. The summed E-state index contributed by atoms with van der Waals surface area (Å²) in [5.41, 5.74) is 1.57. The van der Waals surface area contributed by atoms with Gasteiger partial charge in [-0.25, -0.2) is 4.68 Å².